The van der Waals surface area contributed by atoms with Crippen molar-refractivity contribution in [1.82, 2.24) is 10.3 Å². The van der Waals surface area contributed by atoms with Crippen molar-refractivity contribution in [1.29, 1.82) is 0 Å². The van der Waals surface area contributed by atoms with Gasteiger partial charge in [0.05, 0.1) is 11.6 Å². The maximum atomic E-state index is 12.6. The minimum absolute atomic E-state index is 0.225. The summed E-state index contributed by atoms with van der Waals surface area (Å²) in [5, 5.41) is 2.74. The van der Waals surface area contributed by atoms with Gasteiger partial charge in [-0.2, -0.15) is 13.2 Å². The Balaban J connectivity index is 2.01. The molecule has 0 radical (unpaired) electrons. The Hall–Kier alpha value is -2.63. The number of benzene rings is 1. The number of aromatic nitrogens is 1. The summed E-state index contributed by atoms with van der Waals surface area (Å²) in [6.07, 6.45) is 1.41. The highest BCUT2D eigenvalue weighted by atomic mass is 19.4. The maximum Gasteiger partial charge on any atom is 0.416 e. The van der Waals surface area contributed by atoms with E-state index in [1.54, 1.807) is 24.5 Å². The Morgan fingerprint density at radius 1 is 1.22 bits per heavy atom. The largest absolute Gasteiger partial charge is 0.416 e. The third kappa shape index (κ3) is 4.95. The monoisotopic (exact) mass is 320 g/mol. The first kappa shape index (κ1) is 16.7. The number of nitrogens with one attached hydrogen (secondary N) is 1. The quantitative estimate of drug-likeness (QED) is 0.866. The number of hydrogen-bond donors (Lipinski definition) is 1. The average Bonchev–Trinajstić information content (AvgIpc) is 2.53. The highest BCUT2D eigenvalue weighted by Gasteiger charge is 2.30. The second-order valence-corrected chi connectivity index (χ2v) is 4.97. The Labute approximate surface area is 131 Å². The van der Waals surface area contributed by atoms with E-state index in [1.807, 2.05) is 6.92 Å². The van der Waals surface area contributed by atoms with Gasteiger partial charge >= 0.3 is 6.18 Å². The van der Waals surface area contributed by atoms with Crippen molar-refractivity contribution in [3.05, 3.63) is 71.6 Å². The van der Waals surface area contributed by atoms with Crippen LogP contribution in [0.15, 0.2) is 54.9 Å². The molecule has 2 aromatic rings. The first-order valence-electron chi connectivity index (χ1n) is 6.92. The molecule has 1 unspecified atom stereocenters. The summed E-state index contributed by atoms with van der Waals surface area (Å²) in [5.41, 5.74) is 0.456. The van der Waals surface area contributed by atoms with Crippen LogP contribution in [0.2, 0.25) is 0 Å². The zero-order valence-electron chi connectivity index (χ0n) is 12.3. The standard InChI is InChI=1S/C17H15F3N2O/c1-12(14-7-9-21-10-8-14)22-16(23)6-5-13-3-2-4-15(11-13)17(18,19)20/h2-12H,1H3,(H,22,23). The zero-order chi connectivity index (χ0) is 16.9. The molecule has 0 aliphatic carbocycles. The van der Waals surface area contributed by atoms with Crippen LogP contribution in [0.4, 0.5) is 13.2 Å². The van der Waals surface area contributed by atoms with Crippen LogP contribution in [0, 0.1) is 0 Å². The van der Waals surface area contributed by atoms with Gasteiger partial charge in [-0.3, -0.25) is 9.78 Å². The van der Waals surface area contributed by atoms with Gasteiger partial charge in [-0.15, -0.1) is 0 Å². The van der Waals surface area contributed by atoms with Crippen LogP contribution in [0.5, 0.6) is 0 Å². The van der Waals surface area contributed by atoms with Crippen LogP contribution in [-0.4, -0.2) is 10.9 Å². The number of carbonyl (C=O) groups is 1. The summed E-state index contributed by atoms with van der Waals surface area (Å²) in [7, 11) is 0. The number of halogens is 3. The molecule has 1 atom stereocenters. The fraction of sp³-hybridized carbons (Fsp3) is 0.176. The summed E-state index contributed by atoms with van der Waals surface area (Å²) in [6.45, 7) is 1.81. The van der Waals surface area contributed by atoms with Crippen LogP contribution in [-0.2, 0) is 11.0 Å². The highest BCUT2D eigenvalue weighted by molar-refractivity contribution is 5.92. The second-order valence-electron chi connectivity index (χ2n) is 4.97. The van der Waals surface area contributed by atoms with Crippen molar-refractivity contribution in [2.45, 2.75) is 19.1 Å². The van der Waals surface area contributed by atoms with Gasteiger partial charge in [0.2, 0.25) is 5.91 Å². The van der Waals surface area contributed by atoms with Crippen molar-refractivity contribution in [2.75, 3.05) is 0 Å². The molecule has 0 aliphatic heterocycles. The number of hydrogen-bond acceptors (Lipinski definition) is 2. The van der Waals surface area contributed by atoms with E-state index in [4.69, 9.17) is 0 Å². The fourth-order valence-corrected chi connectivity index (χ4v) is 1.99. The molecule has 2 rings (SSSR count). The number of nitrogens with zero attached hydrogens (tertiary/aromatic N) is 1. The van der Waals surface area contributed by atoms with Crippen LogP contribution < -0.4 is 5.32 Å². The number of rotatable bonds is 4. The van der Waals surface area contributed by atoms with E-state index < -0.39 is 11.7 Å². The Bertz CT molecular complexity index is 696. The molecule has 0 aliphatic rings. The van der Waals surface area contributed by atoms with Gasteiger partial charge in [0, 0.05) is 18.5 Å². The van der Waals surface area contributed by atoms with E-state index in [0.717, 1.165) is 17.7 Å². The van der Waals surface area contributed by atoms with Gasteiger partial charge in [0.25, 0.3) is 0 Å². The topological polar surface area (TPSA) is 42.0 Å². The van der Waals surface area contributed by atoms with E-state index in [9.17, 15) is 18.0 Å². The summed E-state index contributed by atoms with van der Waals surface area (Å²) >= 11 is 0. The smallest absolute Gasteiger partial charge is 0.346 e. The first-order chi connectivity index (χ1) is 10.9. The predicted molar refractivity (Wildman–Crippen MR) is 81.3 cm³/mol. The third-order valence-corrected chi connectivity index (χ3v) is 3.21. The van der Waals surface area contributed by atoms with Crippen LogP contribution >= 0.6 is 0 Å². The Morgan fingerprint density at radius 3 is 2.57 bits per heavy atom. The molecule has 1 heterocycles. The third-order valence-electron chi connectivity index (χ3n) is 3.21. The molecule has 120 valence electrons. The Morgan fingerprint density at radius 2 is 1.91 bits per heavy atom. The molecule has 1 N–H and O–H groups in total. The van der Waals surface area contributed by atoms with Gasteiger partial charge in [0.15, 0.2) is 0 Å². The minimum atomic E-state index is -4.40. The Kier molecular flexibility index (Phi) is 5.16. The summed E-state index contributed by atoms with van der Waals surface area (Å²) in [4.78, 5) is 15.7. The van der Waals surface area contributed by atoms with Crippen molar-refractivity contribution < 1.29 is 18.0 Å². The van der Waals surface area contributed by atoms with Crippen LogP contribution in [0.25, 0.3) is 6.08 Å². The lowest BCUT2D eigenvalue weighted by Crippen LogP contribution is -2.24. The number of amides is 1. The molecule has 6 heteroatoms. The van der Waals surface area contributed by atoms with Gasteiger partial charge in [-0.25, -0.2) is 0 Å². The molecule has 1 aromatic heterocycles. The molecule has 0 bridgehead atoms. The van der Waals surface area contributed by atoms with Crippen molar-refractivity contribution in [2.24, 2.45) is 0 Å². The van der Waals surface area contributed by atoms with E-state index in [2.05, 4.69) is 10.3 Å². The van der Waals surface area contributed by atoms with Crippen LogP contribution in [0.1, 0.15) is 29.7 Å². The molecule has 1 amide bonds. The van der Waals surface area contributed by atoms with E-state index in [-0.39, 0.29) is 11.9 Å². The van der Waals surface area contributed by atoms with E-state index in [0.29, 0.717) is 5.56 Å². The van der Waals surface area contributed by atoms with Gasteiger partial charge in [-0.05, 0) is 48.4 Å². The predicted octanol–water partition coefficient (Wildman–Crippen LogP) is 3.99. The molecule has 0 saturated heterocycles. The van der Waals surface area contributed by atoms with Gasteiger partial charge < -0.3 is 5.32 Å². The van der Waals surface area contributed by atoms with Crippen molar-refractivity contribution >= 4 is 12.0 Å². The average molecular weight is 320 g/mol. The SMILES string of the molecule is CC(NC(=O)C=Cc1cccc(C(F)(F)F)c1)c1ccncc1. The lowest BCUT2D eigenvalue weighted by molar-refractivity contribution is -0.137. The van der Waals surface area contributed by atoms with Crippen LogP contribution in [0.3, 0.4) is 0 Å². The summed E-state index contributed by atoms with van der Waals surface area (Å²) in [6, 6.07) is 8.13. The van der Waals surface area contributed by atoms with Crippen molar-refractivity contribution in [3.63, 3.8) is 0 Å². The molecule has 3 nitrogen and oxygen atoms in total. The molecule has 0 saturated carbocycles. The van der Waals surface area contributed by atoms with Crippen molar-refractivity contribution in [3.8, 4) is 0 Å². The molecule has 1 aromatic carbocycles. The van der Waals surface area contributed by atoms with Gasteiger partial charge in [0.1, 0.15) is 0 Å². The molecular formula is C17H15F3N2O. The number of alkyl halides is 3. The summed E-state index contributed by atoms with van der Waals surface area (Å²) in [5.74, 6) is -0.383. The van der Waals surface area contributed by atoms with E-state index >= 15 is 0 Å². The highest BCUT2D eigenvalue weighted by Crippen LogP contribution is 2.29. The van der Waals surface area contributed by atoms with Gasteiger partial charge in [-0.1, -0.05) is 12.1 Å². The lowest BCUT2D eigenvalue weighted by Gasteiger charge is -2.12. The zero-order valence-corrected chi connectivity index (χ0v) is 12.3. The normalized spacial score (nSPS) is 13.0. The second kappa shape index (κ2) is 7.09. The molecule has 23 heavy (non-hydrogen) atoms. The maximum absolute atomic E-state index is 12.6. The summed E-state index contributed by atoms with van der Waals surface area (Å²) < 4.78 is 37.9. The minimum Gasteiger partial charge on any atom is -0.346 e. The fourth-order valence-electron chi connectivity index (χ4n) is 1.99. The van der Waals surface area contributed by atoms with E-state index in [1.165, 1.54) is 24.3 Å². The number of pyridine rings is 1. The molecule has 0 fully saturated rings. The first-order valence-corrected chi connectivity index (χ1v) is 6.92. The molecular weight excluding hydrogens is 305 g/mol. The lowest BCUT2D eigenvalue weighted by atomic mass is 10.1. The number of carbonyl (C=O) groups excluding carboxylic acids is 1. The molecule has 0 spiro atoms.